The third-order valence-electron chi connectivity index (χ3n) is 7.23. The predicted molar refractivity (Wildman–Crippen MR) is 182 cm³/mol. The first-order valence-electron chi connectivity index (χ1n) is 14.5. The fraction of sp³-hybridized carbons (Fsp3) is 0.424. The van der Waals surface area contributed by atoms with Gasteiger partial charge in [0.05, 0.1) is 23.7 Å². The molecule has 42 heavy (non-hydrogen) atoms. The SMILES string of the molecule is CCCCn1c([C@H](N)Cc2ccc(OCc3ccccc3)cc2)nc2ccc(OCCCN(CC)CC)cc21.Cl.Cl.Cl. The second-order valence-corrected chi connectivity index (χ2v) is 10.1. The lowest BCUT2D eigenvalue weighted by Gasteiger charge is -2.17. The zero-order valence-electron chi connectivity index (χ0n) is 25.0. The molecule has 9 heteroatoms. The van der Waals surface area contributed by atoms with Crippen LogP contribution < -0.4 is 15.2 Å². The van der Waals surface area contributed by atoms with Crippen LogP contribution in [-0.2, 0) is 19.6 Å². The molecule has 0 radical (unpaired) electrons. The van der Waals surface area contributed by atoms with Gasteiger partial charge in [-0.15, -0.1) is 37.2 Å². The van der Waals surface area contributed by atoms with Crippen LogP contribution in [0.3, 0.4) is 0 Å². The Bertz CT molecular complexity index is 1280. The molecule has 2 N–H and O–H groups in total. The largest absolute Gasteiger partial charge is 0.493 e. The zero-order valence-corrected chi connectivity index (χ0v) is 27.5. The lowest BCUT2D eigenvalue weighted by atomic mass is 10.1. The van der Waals surface area contributed by atoms with Crippen molar-refractivity contribution in [3.8, 4) is 11.5 Å². The van der Waals surface area contributed by atoms with Gasteiger partial charge in [-0.1, -0.05) is 69.7 Å². The number of unbranched alkanes of at least 4 members (excludes halogenated alkanes) is 1. The van der Waals surface area contributed by atoms with Crippen LogP contribution in [0.5, 0.6) is 11.5 Å². The summed E-state index contributed by atoms with van der Waals surface area (Å²) in [5.74, 6) is 2.68. The molecule has 0 aliphatic carbocycles. The third-order valence-corrected chi connectivity index (χ3v) is 7.23. The third kappa shape index (κ3) is 10.7. The van der Waals surface area contributed by atoms with Crippen molar-refractivity contribution >= 4 is 48.3 Å². The number of rotatable bonds is 16. The van der Waals surface area contributed by atoms with Gasteiger partial charge in [0.2, 0.25) is 0 Å². The quantitative estimate of drug-likeness (QED) is 0.126. The number of benzene rings is 3. The van der Waals surface area contributed by atoms with Crippen molar-refractivity contribution in [2.45, 2.75) is 65.6 Å². The monoisotopic (exact) mass is 636 g/mol. The second-order valence-electron chi connectivity index (χ2n) is 10.1. The van der Waals surface area contributed by atoms with Gasteiger partial charge in [0.1, 0.15) is 23.9 Å². The van der Waals surface area contributed by atoms with Crippen LogP contribution in [0.15, 0.2) is 72.8 Å². The molecule has 4 rings (SSSR count). The van der Waals surface area contributed by atoms with Crippen LogP contribution in [0.1, 0.15) is 63.0 Å². The lowest BCUT2D eigenvalue weighted by Crippen LogP contribution is -2.25. The summed E-state index contributed by atoms with van der Waals surface area (Å²) in [6.45, 7) is 12.0. The minimum Gasteiger partial charge on any atom is -0.493 e. The van der Waals surface area contributed by atoms with E-state index in [9.17, 15) is 0 Å². The van der Waals surface area contributed by atoms with E-state index in [1.54, 1.807) is 0 Å². The molecule has 6 nitrogen and oxygen atoms in total. The van der Waals surface area contributed by atoms with Gasteiger partial charge < -0.3 is 24.7 Å². The Hall–Kier alpha value is -2.48. The number of imidazole rings is 1. The fourth-order valence-corrected chi connectivity index (χ4v) is 4.87. The molecule has 0 aliphatic heterocycles. The number of nitrogens with zero attached hydrogens (tertiary/aromatic N) is 3. The summed E-state index contributed by atoms with van der Waals surface area (Å²) in [7, 11) is 0. The number of hydrogen-bond acceptors (Lipinski definition) is 5. The summed E-state index contributed by atoms with van der Waals surface area (Å²) < 4.78 is 14.4. The van der Waals surface area contributed by atoms with E-state index in [4.69, 9.17) is 20.2 Å². The number of nitrogens with two attached hydrogens (primary N) is 1. The highest BCUT2D eigenvalue weighted by molar-refractivity contribution is 5.86. The van der Waals surface area contributed by atoms with Crippen LogP contribution >= 0.6 is 37.2 Å². The molecule has 1 heterocycles. The first-order chi connectivity index (χ1) is 19.1. The van der Waals surface area contributed by atoms with Crippen molar-refractivity contribution < 1.29 is 9.47 Å². The van der Waals surface area contributed by atoms with Gasteiger partial charge in [0.25, 0.3) is 0 Å². The second kappa shape index (κ2) is 19.7. The molecular formula is C33H47Cl3N4O2. The van der Waals surface area contributed by atoms with Crippen molar-refractivity contribution in [1.29, 1.82) is 0 Å². The highest BCUT2D eigenvalue weighted by Gasteiger charge is 2.18. The maximum absolute atomic E-state index is 6.78. The Balaban J connectivity index is 0.00000294. The van der Waals surface area contributed by atoms with Crippen LogP contribution in [0.4, 0.5) is 0 Å². The molecule has 0 unspecified atom stereocenters. The van der Waals surface area contributed by atoms with E-state index < -0.39 is 0 Å². The molecule has 0 saturated heterocycles. The van der Waals surface area contributed by atoms with E-state index in [0.29, 0.717) is 19.6 Å². The van der Waals surface area contributed by atoms with Crippen molar-refractivity contribution in [2.24, 2.45) is 5.73 Å². The minimum atomic E-state index is -0.205. The summed E-state index contributed by atoms with van der Waals surface area (Å²) in [4.78, 5) is 7.40. The molecule has 0 aliphatic rings. The topological polar surface area (TPSA) is 65.5 Å². The standard InChI is InChI=1S/C33H44N4O2.3ClH/c1-4-7-21-37-32-24-29(38-22-11-20-36(5-2)6-3)18-19-31(32)35-33(37)30(34)23-26-14-16-28(17-15-26)39-25-27-12-9-8-10-13-27;;;/h8-10,12-19,24,30H,4-7,11,20-23,25,34H2,1-3H3;3*1H/t30-;;;/m1.../s1. The lowest BCUT2D eigenvalue weighted by molar-refractivity contribution is 0.249. The molecule has 0 spiro atoms. The van der Waals surface area contributed by atoms with Crippen LogP contribution in [-0.4, -0.2) is 40.7 Å². The van der Waals surface area contributed by atoms with Gasteiger partial charge in [0.15, 0.2) is 0 Å². The normalized spacial score (nSPS) is 11.4. The Morgan fingerprint density at radius 2 is 1.50 bits per heavy atom. The first kappa shape index (κ1) is 37.5. The molecule has 4 aromatic rings. The maximum atomic E-state index is 6.78. The predicted octanol–water partition coefficient (Wildman–Crippen LogP) is 8.03. The molecule has 1 aromatic heterocycles. The molecule has 0 amide bonds. The summed E-state index contributed by atoms with van der Waals surface area (Å²) in [5.41, 5.74) is 11.2. The molecule has 1 atom stereocenters. The van der Waals surface area contributed by atoms with Crippen LogP contribution in [0.2, 0.25) is 0 Å². The minimum absolute atomic E-state index is 0. The van der Waals surface area contributed by atoms with E-state index in [1.807, 2.05) is 36.4 Å². The molecule has 0 fully saturated rings. The average Bonchev–Trinajstić information content (AvgIpc) is 3.34. The number of fused-ring (bicyclic) bond motifs is 1. The van der Waals surface area contributed by atoms with E-state index >= 15 is 0 Å². The molecule has 0 saturated carbocycles. The van der Waals surface area contributed by atoms with E-state index in [-0.39, 0.29) is 43.3 Å². The van der Waals surface area contributed by atoms with E-state index in [0.717, 1.165) is 79.4 Å². The van der Waals surface area contributed by atoms with Gasteiger partial charge in [-0.05, 0) is 67.7 Å². The zero-order chi connectivity index (χ0) is 27.5. The molecule has 3 aromatic carbocycles. The molecular weight excluding hydrogens is 591 g/mol. The number of ether oxygens (including phenoxy) is 2. The maximum Gasteiger partial charge on any atom is 0.127 e. The van der Waals surface area contributed by atoms with Gasteiger partial charge in [-0.25, -0.2) is 4.98 Å². The van der Waals surface area contributed by atoms with Gasteiger partial charge in [-0.2, -0.15) is 0 Å². The Kier molecular flexibility index (Phi) is 17.6. The van der Waals surface area contributed by atoms with Crippen molar-refractivity contribution in [3.05, 3.63) is 89.7 Å². The number of halogens is 3. The highest BCUT2D eigenvalue weighted by atomic mass is 35.5. The summed E-state index contributed by atoms with van der Waals surface area (Å²) in [6, 6.07) is 24.5. The van der Waals surface area contributed by atoms with Gasteiger partial charge in [-0.3, -0.25) is 0 Å². The fourth-order valence-electron chi connectivity index (χ4n) is 4.87. The number of aryl methyl sites for hydroxylation is 1. The Labute approximate surface area is 270 Å². The molecule has 232 valence electrons. The average molecular weight is 638 g/mol. The van der Waals surface area contributed by atoms with E-state index in [1.165, 1.54) is 5.56 Å². The van der Waals surface area contributed by atoms with Crippen LogP contribution in [0, 0.1) is 0 Å². The smallest absolute Gasteiger partial charge is 0.127 e. The summed E-state index contributed by atoms with van der Waals surface area (Å²) in [6.07, 6.45) is 3.91. The number of aromatic nitrogens is 2. The van der Waals surface area contributed by atoms with Crippen LogP contribution in [0.25, 0.3) is 11.0 Å². The molecule has 0 bridgehead atoms. The van der Waals surface area contributed by atoms with Gasteiger partial charge >= 0.3 is 0 Å². The summed E-state index contributed by atoms with van der Waals surface area (Å²) in [5, 5.41) is 0. The Morgan fingerprint density at radius 3 is 2.17 bits per heavy atom. The van der Waals surface area contributed by atoms with Crippen molar-refractivity contribution in [2.75, 3.05) is 26.2 Å². The summed E-state index contributed by atoms with van der Waals surface area (Å²) >= 11 is 0. The highest BCUT2D eigenvalue weighted by Crippen LogP contribution is 2.27. The number of hydrogen-bond donors (Lipinski definition) is 1. The van der Waals surface area contributed by atoms with E-state index in [2.05, 4.69) is 66.6 Å². The first-order valence-corrected chi connectivity index (χ1v) is 14.5. The van der Waals surface area contributed by atoms with Gasteiger partial charge in [0, 0.05) is 19.2 Å². The van der Waals surface area contributed by atoms with Crippen molar-refractivity contribution in [3.63, 3.8) is 0 Å². The van der Waals surface area contributed by atoms with Crippen molar-refractivity contribution in [1.82, 2.24) is 14.5 Å². The Morgan fingerprint density at radius 1 is 0.810 bits per heavy atom.